The Morgan fingerprint density at radius 3 is 2.62 bits per heavy atom. The molecule has 0 radical (unpaired) electrons. The lowest BCUT2D eigenvalue weighted by Gasteiger charge is -2.04. The number of carbonyl (C=O) groups is 1. The summed E-state index contributed by atoms with van der Waals surface area (Å²) < 4.78 is 5.31. The summed E-state index contributed by atoms with van der Waals surface area (Å²) >= 11 is 1.37. The Morgan fingerprint density at radius 2 is 1.93 bits per heavy atom. The lowest BCUT2D eigenvalue weighted by atomic mass is 10.1. The molecule has 0 saturated carbocycles. The first-order valence-corrected chi connectivity index (χ1v) is 9.44. The van der Waals surface area contributed by atoms with Gasteiger partial charge in [0.15, 0.2) is 0 Å². The van der Waals surface area contributed by atoms with E-state index >= 15 is 0 Å². The van der Waals surface area contributed by atoms with Crippen molar-refractivity contribution in [2.45, 2.75) is 6.92 Å². The minimum absolute atomic E-state index is 0.00640. The average Bonchev–Trinajstić information content (AvgIpc) is 3.41. The third-order valence-electron chi connectivity index (χ3n) is 4.30. The normalized spacial score (nSPS) is 10.7. The fraction of sp³-hybridized carbons (Fsp3) is 0.0500. The third kappa shape index (κ3) is 3.76. The SMILES string of the molecule is Cc1c(-c2nc(-c3ccc(NC(=O)c4cccs4)cc3)no2)cccc1[N+](=O)[O-]. The molecule has 0 spiro atoms. The van der Waals surface area contributed by atoms with E-state index in [4.69, 9.17) is 4.52 Å². The number of nitrogens with one attached hydrogen (secondary N) is 1. The molecule has 2 heterocycles. The van der Waals surface area contributed by atoms with Crippen LogP contribution in [0.15, 0.2) is 64.5 Å². The van der Waals surface area contributed by atoms with Gasteiger partial charge in [-0.25, -0.2) is 0 Å². The maximum absolute atomic E-state index is 12.1. The van der Waals surface area contributed by atoms with Gasteiger partial charge in [0.25, 0.3) is 17.5 Å². The molecule has 0 aliphatic rings. The summed E-state index contributed by atoms with van der Waals surface area (Å²) in [5.74, 6) is 0.383. The maximum Gasteiger partial charge on any atom is 0.273 e. The third-order valence-corrected chi connectivity index (χ3v) is 5.17. The molecule has 4 aromatic rings. The molecule has 8 nitrogen and oxygen atoms in total. The van der Waals surface area contributed by atoms with Crippen molar-refractivity contribution in [2.75, 3.05) is 5.32 Å². The second-order valence-corrected chi connectivity index (χ2v) is 7.09. The number of hydrogen-bond acceptors (Lipinski definition) is 7. The van der Waals surface area contributed by atoms with Gasteiger partial charge in [0.2, 0.25) is 5.82 Å². The highest BCUT2D eigenvalue weighted by atomic mass is 32.1. The fourth-order valence-corrected chi connectivity index (χ4v) is 3.43. The van der Waals surface area contributed by atoms with Crippen molar-refractivity contribution in [3.05, 3.63) is 80.5 Å². The zero-order valence-electron chi connectivity index (χ0n) is 15.2. The number of carbonyl (C=O) groups excluding carboxylic acids is 1. The van der Waals surface area contributed by atoms with Gasteiger partial charge in [-0.1, -0.05) is 17.3 Å². The van der Waals surface area contributed by atoms with E-state index < -0.39 is 4.92 Å². The molecule has 2 aromatic carbocycles. The van der Waals surface area contributed by atoms with Crippen LogP contribution in [0.1, 0.15) is 15.2 Å². The van der Waals surface area contributed by atoms with Gasteiger partial charge in [-0.05, 0) is 48.7 Å². The van der Waals surface area contributed by atoms with E-state index in [9.17, 15) is 14.9 Å². The van der Waals surface area contributed by atoms with Crippen LogP contribution >= 0.6 is 11.3 Å². The predicted octanol–water partition coefficient (Wildman–Crippen LogP) is 4.93. The molecule has 0 aliphatic carbocycles. The van der Waals surface area contributed by atoms with Gasteiger partial charge in [0.1, 0.15) is 0 Å². The van der Waals surface area contributed by atoms with Gasteiger partial charge in [-0.2, -0.15) is 4.98 Å². The van der Waals surface area contributed by atoms with E-state index in [-0.39, 0.29) is 17.5 Å². The first-order chi connectivity index (χ1) is 14.0. The van der Waals surface area contributed by atoms with Crippen molar-refractivity contribution in [3.63, 3.8) is 0 Å². The Kier molecular flexibility index (Phi) is 4.88. The topological polar surface area (TPSA) is 111 Å². The summed E-state index contributed by atoms with van der Waals surface area (Å²) in [5, 5.41) is 19.8. The van der Waals surface area contributed by atoms with E-state index in [0.717, 1.165) is 0 Å². The largest absolute Gasteiger partial charge is 0.334 e. The molecule has 0 atom stereocenters. The molecule has 1 amide bonds. The molecule has 0 aliphatic heterocycles. The number of nitro groups is 1. The lowest BCUT2D eigenvalue weighted by Crippen LogP contribution is -2.09. The summed E-state index contributed by atoms with van der Waals surface area (Å²) in [6.45, 7) is 1.64. The number of nitrogens with zero attached hydrogens (tertiary/aromatic N) is 3. The Bertz CT molecular complexity index is 1180. The fourth-order valence-electron chi connectivity index (χ4n) is 2.81. The number of amides is 1. The molecule has 0 fully saturated rings. The minimum Gasteiger partial charge on any atom is -0.334 e. The molecule has 144 valence electrons. The Labute approximate surface area is 169 Å². The Hall–Kier alpha value is -3.85. The molecule has 4 rings (SSSR count). The van der Waals surface area contributed by atoms with Crippen LogP contribution < -0.4 is 5.32 Å². The summed E-state index contributed by atoms with van der Waals surface area (Å²) in [4.78, 5) is 27.8. The Balaban J connectivity index is 1.55. The van der Waals surface area contributed by atoms with Gasteiger partial charge >= 0.3 is 0 Å². The van der Waals surface area contributed by atoms with Gasteiger partial charge in [-0.3, -0.25) is 14.9 Å². The van der Waals surface area contributed by atoms with E-state index in [1.807, 2.05) is 11.4 Å². The molecular formula is C20H14N4O4S. The molecule has 2 aromatic heterocycles. The van der Waals surface area contributed by atoms with Gasteiger partial charge in [0, 0.05) is 28.4 Å². The lowest BCUT2D eigenvalue weighted by molar-refractivity contribution is -0.385. The number of rotatable bonds is 5. The van der Waals surface area contributed by atoms with Crippen LogP contribution in [0.4, 0.5) is 11.4 Å². The summed E-state index contributed by atoms with van der Waals surface area (Å²) in [6.07, 6.45) is 0. The van der Waals surface area contributed by atoms with Gasteiger partial charge in [0.05, 0.1) is 9.80 Å². The van der Waals surface area contributed by atoms with E-state index in [1.165, 1.54) is 17.4 Å². The van der Waals surface area contributed by atoms with Crippen LogP contribution in [0.5, 0.6) is 0 Å². The highest BCUT2D eigenvalue weighted by Crippen LogP contribution is 2.30. The predicted molar refractivity (Wildman–Crippen MR) is 109 cm³/mol. The van der Waals surface area contributed by atoms with Crippen LogP contribution in [-0.4, -0.2) is 21.0 Å². The van der Waals surface area contributed by atoms with Crippen LogP contribution in [0.25, 0.3) is 22.8 Å². The average molecular weight is 406 g/mol. The number of benzene rings is 2. The van der Waals surface area contributed by atoms with Crippen molar-refractivity contribution >= 4 is 28.6 Å². The zero-order valence-corrected chi connectivity index (χ0v) is 16.0. The van der Waals surface area contributed by atoms with Crippen LogP contribution in [0, 0.1) is 17.0 Å². The summed E-state index contributed by atoms with van der Waals surface area (Å²) in [5.41, 5.74) is 2.30. The van der Waals surface area contributed by atoms with Crippen LogP contribution in [0.3, 0.4) is 0 Å². The molecule has 0 unspecified atom stereocenters. The minimum atomic E-state index is -0.445. The van der Waals surface area contributed by atoms with E-state index in [0.29, 0.717) is 33.1 Å². The first-order valence-electron chi connectivity index (χ1n) is 8.56. The molecule has 0 bridgehead atoms. The molecule has 9 heteroatoms. The van der Waals surface area contributed by atoms with Crippen molar-refractivity contribution in [3.8, 4) is 22.8 Å². The highest BCUT2D eigenvalue weighted by Gasteiger charge is 2.19. The second-order valence-electron chi connectivity index (χ2n) is 6.14. The molecule has 29 heavy (non-hydrogen) atoms. The second kappa shape index (κ2) is 7.64. The summed E-state index contributed by atoms with van der Waals surface area (Å²) in [7, 11) is 0. The molecule has 0 saturated heterocycles. The van der Waals surface area contributed by atoms with Crippen molar-refractivity contribution < 1.29 is 14.2 Å². The maximum atomic E-state index is 12.1. The number of hydrogen-bond donors (Lipinski definition) is 1. The monoisotopic (exact) mass is 406 g/mol. The van der Waals surface area contributed by atoms with Crippen molar-refractivity contribution in [2.24, 2.45) is 0 Å². The number of anilines is 1. The quantitative estimate of drug-likeness (QED) is 0.371. The number of thiophene rings is 1. The standard InChI is InChI=1S/C20H14N4O4S/c1-12-15(4-2-5-16(12)24(26)27)20-22-18(23-28-20)13-7-9-14(10-8-13)21-19(25)17-6-3-11-29-17/h2-11H,1H3,(H,21,25). The molecule has 1 N–H and O–H groups in total. The van der Waals surface area contributed by atoms with Crippen LogP contribution in [0.2, 0.25) is 0 Å². The van der Waals surface area contributed by atoms with E-state index in [2.05, 4.69) is 15.5 Å². The highest BCUT2D eigenvalue weighted by molar-refractivity contribution is 7.12. The van der Waals surface area contributed by atoms with Crippen molar-refractivity contribution in [1.29, 1.82) is 0 Å². The first kappa shape index (κ1) is 18.5. The smallest absolute Gasteiger partial charge is 0.273 e. The molecular weight excluding hydrogens is 392 g/mol. The Morgan fingerprint density at radius 1 is 1.14 bits per heavy atom. The number of nitro benzene ring substituents is 1. The van der Waals surface area contributed by atoms with Gasteiger partial charge in [-0.15, -0.1) is 11.3 Å². The van der Waals surface area contributed by atoms with Gasteiger partial charge < -0.3 is 9.84 Å². The van der Waals surface area contributed by atoms with Crippen LogP contribution in [-0.2, 0) is 0 Å². The van der Waals surface area contributed by atoms with Crippen molar-refractivity contribution in [1.82, 2.24) is 10.1 Å². The zero-order chi connectivity index (χ0) is 20.4. The summed E-state index contributed by atoms with van der Waals surface area (Å²) in [6, 6.07) is 15.3. The van der Waals surface area contributed by atoms with E-state index in [1.54, 1.807) is 49.4 Å². The number of aromatic nitrogens is 2.